The van der Waals surface area contributed by atoms with E-state index in [0.717, 1.165) is 70.3 Å². The molecule has 1 aromatic rings. The molecule has 0 aliphatic carbocycles. The standard InChI is InChI=1S/C22H36N4O3.HI/c1-3-23-21(27)20-8-5-7-19(15-20)16-26-22(24-4-2)25-11-6-12-29-17-18-9-13-28-14-10-18;/h5,7-8,15,18H,3-4,6,9-14,16-17H2,1-2H3,(H,23,27)(H2,24,25,26);1H. The Labute approximate surface area is 197 Å². The summed E-state index contributed by atoms with van der Waals surface area (Å²) < 4.78 is 11.2. The third-order valence-corrected chi connectivity index (χ3v) is 4.74. The number of halogens is 1. The van der Waals surface area contributed by atoms with Gasteiger partial charge in [-0.2, -0.15) is 0 Å². The molecule has 0 spiro atoms. The molecule has 0 radical (unpaired) electrons. The van der Waals surface area contributed by atoms with Crippen molar-refractivity contribution in [2.24, 2.45) is 10.9 Å². The second kappa shape index (κ2) is 16.3. The van der Waals surface area contributed by atoms with Gasteiger partial charge in [-0.15, -0.1) is 24.0 Å². The number of carbonyl (C=O) groups excluding carboxylic acids is 1. The van der Waals surface area contributed by atoms with Crippen LogP contribution in [0.2, 0.25) is 0 Å². The Morgan fingerprint density at radius 3 is 2.67 bits per heavy atom. The van der Waals surface area contributed by atoms with Gasteiger partial charge in [0.15, 0.2) is 5.96 Å². The highest BCUT2D eigenvalue weighted by Gasteiger charge is 2.13. The minimum atomic E-state index is -0.0517. The Kier molecular flexibility index (Phi) is 14.5. The van der Waals surface area contributed by atoms with Crippen molar-refractivity contribution in [3.63, 3.8) is 0 Å². The molecule has 0 bridgehead atoms. The lowest BCUT2D eigenvalue weighted by Crippen LogP contribution is -2.38. The molecule has 3 N–H and O–H groups in total. The molecular weight excluding hydrogens is 495 g/mol. The zero-order valence-corrected chi connectivity index (χ0v) is 20.6. The topological polar surface area (TPSA) is 84.0 Å². The van der Waals surface area contributed by atoms with Crippen molar-refractivity contribution in [3.8, 4) is 0 Å². The Morgan fingerprint density at radius 2 is 1.93 bits per heavy atom. The molecule has 1 amide bonds. The van der Waals surface area contributed by atoms with Crippen molar-refractivity contribution in [1.82, 2.24) is 16.0 Å². The molecule has 0 atom stereocenters. The molecule has 8 heteroatoms. The van der Waals surface area contributed by atoms with E-state index in [2.05, 4.69) is 20.9 Å². The number of amides is 1. The maximum Gasteiger partial charge on any atom is 0.251 e. The Balaban J connectivity index is 0.00000450. The number of carbonyl (C=O) groups is 1. The van der Waals surface area contributed by atoms with Gasteiger partial charge in [0, 0.05) is 51.6 Å². The fraction of sp³-hybridized carbons (Fsp3) is 0.636. The summed E-state index contributed by atoms with van der Waals surface area (Å²) in [6.45, 7) is 10.0. The van der Waals surface area contributed by atoms with Crippen LogP contribution in [0.15, 0.2) is 29.3 Å². The summed E-state index contributed by atoms with van der Waals surface area (Å²) in [5.74, 6) is 1.37. The van der Waals surface area contributed by atoms with Crippen molar-refractivity contribution >= 4 is 35.8 Å². The molecule has 0 unspecified atom stereocenters. The summed E-state index contributed by atoms with van der Waals surface area (Å²) in [6, 6.07) is 7.59. The van der Waals surface area contributed by atoms with Crippen molar-refractivity contribution in [3.05, 3.63) is 35.4 Å². The van der Waals surface area contributed by atoms with Crippen LogP contribution in [0.1, 0.15) is 49.0 Å². The molecule has 1 aromatic carbocycles. The second-order valence-corrected chi connectivity index (χ2v) is 7.17. The highest BCUT2D eigenvalue weighted by atomic mass is 127. The third-order valence-electron chi connectivity index (χ3n) is 4.74. The zero-order valence-electron chi connectivity index (χ0n) is 18.2. The van der Waals surface area contributed by atoms with E-state index >= 15 is 0 Å². The Hall–Kier alpha value is -1.39. The monoisotopic (exact) mass is 532 g/mol. The van der Waals surface area contributed by atoms with E-state index in [1.165, 1.54) is 0 Å². The van der Waals surface area contributed by atoms with Gasteiger partial charge in [0.1, 0.15) is 0 Å². The normalized spacial score (nSPS) is 14.7. The molecule has 1 aliphatic rings. The average molecular weight is 532 g/mol. The summed E-state index contributed by atoms with van der Waals surface area (Å²) in [7, 11) is 0. The molecule has 30 heavy (non-hydrogen) atoms. The minimum Gasteiger partial charge on any atom is -0.381 e. The van der Waals surface area contributed by atoms with E-state index in [4.69, 9.17) is 9.47 Å². The number of nitrogens with one attached hydrogen (secondary N) is 3. The van der Waals surface area contributed by atoms with Gasteiger partial charge in [0.2, 0.25) is 0 Å². The van der Waals surface area contributed by atoms with Gasteiger partial charge in [-0.3, -0.25) is 4.79 Å². The molecule has 7 nitrogen and oxygen atoms in total. The second-order valence-electron chi connectivity index (χ2n) is 7.17. The number of nitrogens with zero attached hydrogens (tertiary/aromatic N) is 1. The largest absolute Gasteiger partial charge is 0.381 e. The van der Waals surface area contributed by atoms with E-state index in [9.17, 15) is 4.79 Å². The molecule has 2 rings (SSSR count). The first-order valence-electron chi connectivity index (χ1n) is 10.8. The maximum atomic E-state index is 12.0. The van der Waals surface area contributed by atoms with Crippen LogP contribution in [0.3, 0.4) is 0 Å². The van der Waals surface area contributed by atoms with Gasteiger partial charge in [-0.25, -0.2) is 4.99 Å². The van der Waals surface area contributed by atoms with Crippen molar-refractivity contribution < 1.29 is 14.3 Å². The van der Waals surface area contributed by atoms with Crippen molar-refractivity contribution in [2.75, 3.05) is 46.1 Å². The van der Waals surface area contributed by atoms with Gasteiger partial charge >= 0.3 is 0 Å². The number of benzene rings is 1. The third kappa shape index (κ3) is 10.6. The lowest BCUT2D eigenvalue weighted by atomic mass is 10.0. The minimum absolute atomic E-state index is 0. The lowest BCUT2D eigenvalue weighted by molar-refractivity contribution is 0.0203. The van der Waals surface area contributed by atoms with Gasteiger partial charge in [0.25, 0.3) is 5.91 Å². The predicted molar refractivity (Wildman–Crippen MR) is 132 cm³/mol. The van der Waals surface area contributed by atoms with Crippen LogP contribution in [-0.4, -0.2) is 57.9 Å². The van der Waals surface area contributed by atoms with Crippen LogP contribution in [0.4, 0.5) is 0 Å². The van der Waals surface area contributed by atoms with E-state index < -0.39 is 0 Å². The molecule has 1 saturated heterocycles. The number of guanidine groups is 1. The van der Waals surface area contributed by atoms with Gasteiger partial charge in [-0.1, -0.05) is 12.1 Å². The summed E-state index contributed by atoms with van der Waals surface area (Å²) >= 11 is 0. The van der Waals surface area contributed by atoms with Gasteiger partial charge in [0.05, 0.1) is 6.54 Å². The summed E-state index contributed by atoms with van der Waals surface area (Å²) in [5.41, 5.74) is 1.67. The summed E-state index contributed by atoms with van der Waals surface area (Å²) in [4.78, 5) is 16.6. The van der Waals surface area contributed by atoms with Gasteiger partial charge < -0.3 is 25.4 Å². The Morgan fingerprint density at radius 1 is 1.17 bits per heavy atom. The first-order chi connectivity index (χ1) is 14.2. The fourth-order valence-electron chi connectivity index (χ4n) is 3.13. The predicted octanol–water partition coefficient (Wildman–Crippen LogP) is 2.94. The Bertz CT molecular complexity index is 637. The van der Waals surface area contributed by atoms with Crippen LogP contribution in [0, 0.1) is 5.92 Å². The number of rotatable bonds is 11. The van der Waals surface area contributed by atoms with Crippen LogP contribution >= 0.6 is 24.0 Å². The number of aliphatic imine (C=N–C) groups is 1. The van der Waals surface area contributed by atoms with Crippen molar-refractivity contribution in [2.45, 2.75) is 39.7 Å². The molecule has 1 aliphatic heterocycles. The highest BCUT2D eigenvalue weighted by molar-refractivity contribution is 14.0. The van der Waals surface area contributed by atoms with Gasteiger partial charge in [-0.05, 0) is 56.7 Å². The summed E-state index contributed by atoms with van der Waals surface area (Å²) in [5, 5.41) is 9.43. The van der Waals surface area contributed by atoms with E-state index in [1.54, 1.807) is 0 Å². The fourth-order valence-corrected chi connectivity index (χ4v) is 3.13. The smallest absolute Gasteiger partial charge is 0.251 e. The number of ether oxygens (including phenoxy) is 2. The lowest BCUT2D eigenvalue weighted by Gasteiger charge is -2.21. The molecule has 0 aromatic heterocycles. The van der Waals surface area contributed by atoms with E-state index in [0.29, 0.717) is 24.6 Å². The van der Waals surface area contributed by atoms with E-state index in [-0.39, 0.29) is 29.9 Å². The van der Waals surface area contributed by atoms with Crippen LogP contribution in [0.25, 0.3) is 0 Å². The number of hydrogen-bond donors (Lipinski definition) is 3. The number of hydrogen-bond acceptors (Lipinski definition) is 4. The summed E-state index contributed by atoms with van der Waals surface area (Å²) in [6.07, 6.45) is 3.15. The van der Waals surface area contributed by atoms with E-state index in [1.807, 2.05) is 38.1 Å². The quantitative estimate of drug-likeness (QED) is 0.177. The first kappa shape index (κ1) is 26.6. The maximum absolute atomic E-state index is 12.0. The molecule has 1 heterocycles. The molecule has 170 valence electrons. The van der Waals surface area contributed by atoms with Crippen LogP contribution in [0.5, 0.6) is 0 Å². The zero-order chi connectivity index (χ0) is 20.7. The van der Waals surface area contributed by atoms with Crippen LogP contribution in [-0.2, 0) is 16.0 Å². The van der Waals surface area contributed by atoms with Crippen molar-refractivity contribution in [1.29, 1.82) is 0 Å². The molecular formula is C22H37IN4O3. The molecule has 0 saturated carbocycles. The SMILES string of the molecule is CCNC(=O)c1cccc(CN=C(NCC)NCCCOCC2CCOCC2)c1.I. The highest BCUT2D eigenvalue weighted by Crippen LogP contribution is 2.14. The van der Waals surface area contributed by atoms with Crippen LogP contribution < -0.4 is 16.0 Å². The molecule has 1 fully saturated rings. The first-order valence-corrected chi connectivity index (χ1v) is 10.8. The average Bonchev–Trinajstić information content (AvgIpc) is 2.75.